The topological polar surface area (TPSA) is 42.7 Å². The average molecular weight is 327 g/mol. The van der Waals surface area contributed by atoms with Crippen LogP contribution in [0.4, 0.5) is 4.39 Å². The Morgan fingerprint density at radius 3 is 3.05 bits per heavy atom. The highest BCUT2D eigenvalue weighted by atomic mass is 79.9. The molecule has 1 heterocycles. The normalized spacial score (nSPS) is 10.9. The molecule has 4 nitrogen and oxygen atoms in total. The van der Waals surface area contributed by atoms with Crippen LogP contribution in [0.3, 0.4) is 0 Å². The summed E-state index contributed by atoms with van der Waals surface area (Å²) in [7, 11) is 0. The molecule has 0 saturated heterocycles. The molecule has 0 radical (unpaired) electrons. The van der Waals surface area contributed by atoms with Crippen molar-refractivity contribution in [3.63, 3.8) is 0 Å². The number of nitrogens with zero attached hydrogens (tertiary/aromatic N) is 3. The van der Waals surface area contributed by atoms with Gasteiger partial charge in [-0.1, -0.05) is 28.1 Å². The minimum absolute atomic E-state index is 0.232. The van der Waals surface area contributed by atoms with Crippen molar-refractivity contribution in [1.82, 2.24) is 20.3 Å². The van der Waals surface area contributed by atoms with Gasteiger partial charge in [-0.3, -0.25) is 0 Å². The summed E-state index contributed by atoms with van der Waals surface area (Å²) >= 11 is 3.34. The highest BCUT2D eigenvalue weighted by Gasteiger charge is 2.06. The van der Waals surface area contributed by atoms with Crippen molar-refractivity contribution < 1.29 is 4.39 Å². The number of halogens is 2. The summed E-state index contributed by atoms with van der Waals surface area (Å²) in [5.41, 5.74) is 1.45. The van der Waals surface area contributed by atoms with Gasteiger partial charge in [-0.15, -0.1) is 5.10 Å². The Balaban J connectivity index is 2.01. The highest BCUT2D eigenvalue weighted by molar-refractivity contribution is 9.10. The molecule has 1 aromatic heterocycles. The van der Waals surface area contributed by atoms with E-state index in [1.54, 1.807) is 16.8 Å². The summed E-state index contributed by atoms with van der Waals surface area (Å²) in [5, 5.41) is 11.3. The molecule has 0 bridgehead atoms. The number of rotatable bonds is 6. The van der Waals surface area contributed by atoms with Crippen molar-refractivity contribution in [2.24, 2.45) is 0 Å². The third-order valence-corrected chi connectivity index (χ3v) is 3.15. The van der Waals surface area contributed by atoms with Crippen molar-refractivity contribution in [3.8, 4) is 0 Å². The van der Waals surface area contributed by atoms with E-state index in [0.29, 0.717) is 18.7 Å². The van der Waals surface area contributed by atoms with Crippen LogP contribution >= 0.6 is 15.9 Å². The minimum atomic E-state index is -0.232. The van der Waals surface area contributed by atoms with Crippen molar-refractivity contribution in [2.45, 2.75) is 26.4 Å². The zero-order valence-electron chi connectivity index (χ0n) is 10.7. The van der Waals surface area contributed by atoms with Crippen LogP contribution in [-0.4, -0.2) is 21.5 Å². The van der Waals surface area contributed by atoms with Crippen LogP contribution in [-0.2, 0) is 13.1 Å². The van der Waals surface area contributed by atoms with Gasteiger partial charge in [0, 0.05) is 16.6 Å². The molecule has 0 fully saturated rings. The Kier molecular flexibility index (Phi) is 5.04. The summed E-state index contributed by atoms with van der Waals surface area (Å²) < 4.78 is 16.1. The molecule has 0 spiro atoms. The summed E-state index contributed by atoms with van der Waals surface area (Å²) in [6.45, 7) is 4.13. The van der Waals surface area contributed by atoms with E-state index in [1.807, 2.05) is 6.20 Å². The first kappa shape index (κ1) is 14.1. The maximum absolute atomic E-state index is 13.6. The first-order valence-corrected chi connectivity index (χ1v) is 7.02. The fourth-order valence-electron chi connectivity index (χ4n) is 1.73. The van der Waals surface area contributed by atoms with Gasteiger partial charge in [0.05, 0.1) is 18.4 Å². The summed E-state index contributed by atoms with van der Waals surface area (Å²) in [4.78, 5) is 0. The second-order valence-electron chi connectivity index (χ2n) is 4.32. The molecule has 6 heteroatoms. The lowest BCUT2D eigenvalue weighted by Gasteiger charge is -2.03. The van der Waals surface area contributed by atoms with Gasteiger partial charge in [-0.25, -0.2) is 9.07 Å². The first-order chi connectivity index (χ1) is 9.19. The predicted octanol–water partition coefficient (Wildman–Crippen LogP) is 2.73. The third kappa shape index (κ3) is 4.11. The van der Waals surface area contributed by atoms with E-state index in [-0.39, 0.29) is 5.82 Å². The standard InChI is InChI=1S/C13H16BrFN4/c1-2-5-16-7-12-9-19(18-17-12)8-10-6-11(14)3-4-13(10)15/h3-4,6,9,16H,2,5,7-8H2,1H3. The van der Waals surface area contributed by atoms with E-state index < -0.39 is 0 Å². The van der Waals surface area contributed by atoms with E-state index in [2.05, 4.69) is 38.5 Å². The van der Waals surface area contributed by atoms with Gasteiger partial charge >= 0.3 is 0 Å². The fourth-order valence-corrected chi connectivity index (χ4v) is 2.14. The van der Waals surface area contributed by atoms with Gasteiger partial charge in [0.1, 0.15) is 5.82 Å². The lowest BCUT2D eigenvalue weighted by molar-refractivity contribution is 0.576. The maximum atomic E-state index is 13.6. The van der Waals surface area contributed by atoms with E-state index in [0.717, 1.165) is 23.1 Å². The molecule has 0 saturated carbocycles. The summed E-state index contributed by atoms with van der Waals surface area (Å²) in [6.07, 6.45) is 2.92. The van der Waals surface area contributed by atoms with Crippen molar-refractivity contribution in [3.05, 3.63) is 45.9 Å². The molecule has 19 heavy (non-hydrogen) atoms. The number of aromatic nitrogens is 3. The van der Waals surface area contributed by atoms with Gasteiger partial charge in [0.25, 0.3) is 0 Å². The summed E-state index contributed by atoms with van der Waals surface area (Å²) in [6, 6.07) is 4.88. The zero-order valence-corrected chi connectivity index (χ0v) is 12.3. The van der Waals surface area contributed by atoms with Gasteiger partial charge in [-0.2, -0.15) is 0 Å². The molecule has 1 N–H and O–H groups in total. The van der Waals surface area contributed by atoms with Crippen LogP contribution in [0.5, 0.6) is 0 Å². The van der Waals surface area contributed by atoms with Crippen LogP contribution in [0, 0.1) is 5.82 Å². The van der Waals surface area contributed by atoms with Gasteiger partial charge in [0.15, 0.2) is 0 Å². The zero-order chi connectivity index (χ0) is 13.7. The van der Waals surface area contributed by atoms with Crippen LogP contribution in [0.1, 0.15) is 24.6 Å². The minimum Gasteiger partial charge on any atom is -0.311 e. The molecule has 0 aliphatic rings. The van der Waals surface area contributed by atoms with Gasteiger partial charge < -0.3 is 5.32 Å². The van der Waals surface area contributed by atoms with Gasteiger partial charge in [-0.05, 0) is 31.2 Å². The lowest BCUT2D eigenvalue weighted by atomic mass is 10.2. The SMILES string of the molecule is CCCNCc1cn(Cc2cc(Br)ccc2F)nn1. The highest BCUT2D eigenvalue weighted by Crippen LogP contribution is 2.16. The van der Waals surface area contributed by atoms with Crippen LogP contribution in [0.2, 0.25) is 0 Å². The van der Waals surface area contributed by atoms with Crippen LogP contribution in [0.15, 0.2) is 28.9 Å². The first-order valence-electron chi connectivity index (χ1n) is 6.22. The molecule has 2 aromatic rings. The smallest absolute Gasteiger partial charge is 0.128 e. The lowest BCUT2D eigenvalue weighted by Crippen LogP contribution is -2.13. The molecule has 2 rings (SSSR count). The Morgan fingerprint density at radius 1 is 1.42 bits per heavy atom. The molecule has 1 aromatic carbocycles. The van der Waals surface area contributed by atoms with E-state index in [1.165, 1.54) is 6.07 Å². The monoisotopic (exact) mass is 326 g/mol. The molecule has 0 atom stereocenters. The number of hydrogen-bond donors (Lipinski definition) is 1. The Labute approximate surface area is 120 Å². The van der Waals surface area contributed by atoms with Crippen LogP contribution < -0.4 is 5.32 Å². The molecular formula is C13H16BrFN4. The fraction of sp³-hybridized carbons (Fsp3) is 0.385. The van der Waals surface area contributed by atoms with E-state index in [4.69, 9.17) is 0 Å². The molecule has 0 amide bonds. The third-order valence-electron chi connectivity index (χ3n) is 2.66. The molecule has 0 aliphatic carbocycles. The van der Waals surface area contributed by atoms with E-state index >= 15 is 0 Å². The van der Waals surface area contributed by atoms with Crippen molar-refractivity contribution >= 4 is 15.9 Å². The van der Waals surface area contributed by atoms with Crippen molar-refractivity contribution in [2.75, 3.05) is 6.54 Å². The molecule has 0 unspecified atom stereocenters. The maximum Gasteiger partial charge on any atom is 0.128 e. The number of benzene rings is 1. The quantitative estimate of drug-likeness (QED) is 0.830. The van der Waals surface area contributed by atoms with E-state index in [9.17, 15) is 4.39 Å². The molecule has 102 valence electrons. The van der Waals surface area contributed by atoms with Crippen LogP contribution in [0.25, 0.3) is 0 Å². The Bertz CT molecular complexity index is 541. The summed E-state index contributed by atoms with van der Waals surface area (Å²) in [5.74, 6) is -0.232. The Hall–Kier alpha value is -1.27. The van der Waals surface area contributed by atoms with Crippen molar-refractivity contribution in [1.29, 1.82) is 0 Å². The van der Waals surface area contributed by atoms with Gasteiger partial charge in [0.2, 0.25) is 0 Å². The largest absolute Gasteiger partial charge is 0.311 e. The number of hydrogen-bond acceptors (Lipinski definition) is 3. The number of nitrogens with one attached hydrogen (secondary N) is 1. The molecule has 0 aliphatic heterocycles. The average Bonchev–Trinajstić information content (AvgIpc) is 2.82. The predicted molar refractivity (Wildman–Crippen MR) is 75.2 cm³/mol. The Morgan fingerprint density at radius 2 is 2.26 bits per heavy atom. The second-order valence-corrected chi connectivity index (χ2v) is 5.24. The molecular weight excluding hydrogens is 311 g/mol. The second kappa shape index (κ2) is 6.77.